The van der Waals surface area contributed by atoms with Gasteiger partial charge in [-0.1, -0.05) is 27.7 Å². The number of aliphatic carboxylic acids is 1. The van der Waals surface area contributed by atoms with Gasteiger partial charge in [-0.25, -0.2) is 49.7 Å². The van der Waals surface area contributed by atoms with Crippen LogP contribution in [0.1, 0.15) is 20.8 Å². The number of nitrogens with zero attached hydrogens (tertiary/aromatic N) is 3. The minimum atomic E-state index is -0.980. The summed E-state index contributed by atoms with van der Waals surface area (Å²) in [6, 6.07) is 8.09. The van der Waals surface area contributed by atoms with E-state index in [-0.39, 0.29) is 103 Å². The normalized spacial score (nSPS) is 9.95. The molecule has 7 rings (SSSR count). The number of carboxylic acid groups (broad SMARTS) is 1. The van der Waals surface area contributed by atoms with Crippen molar-refractivity contribution in [2.24, 2.45) is 14.1 Å². The monoisotopic (exact) mass is 1240 g/mol. The number of aromatic nitrogens is 6. The van der Waals surface area contributed by atoms with E-state index in [0.29, 0.717) is 73.3 Å². The number of benzene rings is 4. The second-order valence-electron chi connectivity index (χ2n) is 13.2. The van der Waals surface area contributed by atoms with Crippen molar-refractivity contribution in [3.8, 4) is 0 Å². The molecule has 0 radical (unpaired) electrons. The van der Waals surface area contributed by atoms with Crippen molar-refractivity contribution >= 4 is 156 Å². The molecule has 0 spiro atoms. The minimum Gasteiger partial charge on any atom is -0.514 e. The average Bonchev–Trinajstić information content (AvgIpc) is 3.92. The summed E-state index contributed by atoms with van der Waals surface area (Å²) in [6.45, 7) is 6.72. The number of carbonyl (C=O) groups is 3. The van der Waals surface area contributed by atoms with Gasteiger partial charge in [0, 0.05) is 60.0 Å². The molecule has 0 bridgehead atoms. The predicted molar refractivity (Wildman–Crippen MR) is 274 cm³/mol. The fourth-order valence-electron chi connectivity index (χ4n) is 5.03. The number of rotatable bonds is 10. The number of nitrogen functional groups attached to an aromatic ring is 2. The Balaban J connectivity index is 0.000000885. The van der Waals surface area contributed by atoms with Crippen molar-refractivity contribution < 1.29 is 125 Å². The number of carbonyl (C=O) groups excluding carboxylic acids is 2. The Morgan fingerprint density at radius 2 is 1.16 bits per heavy atom. The molecule has 0 aliphatic heterocycles. The zero-order valence-corrected chi connectivity index (χ0v) is 48.7. The molecule has 31 heteroatoms. The number of halogens is 10. The largest absolute Gasteiger partial charge is 1.00 e. The van der Waals surface area contributed by atoms with E-state index < -0.39 is 52.5 Å². The number of thiocarbonyl (C=S) groups is 1. The fourth-order valence-corrected chi connectivity index (χ4v) is 7.17. The Kier molecular flexibility index (Phi) is 32.9. The summed E-state index contributed by atoms with van der Waals surface area (Å²) in [5, 5.41) is 9.90. The molecule has 3 aromatic heterocycles. The van der Waals surface area contributed by atoms with Gasteiger partial charge in [0.25, 0.3) is 0 Å². The third kappa shape index (κ3) is 23.3. The van der Waals surface area contributed by atoms with Gasteiger partial charge >= 0.3 is 74.4 Å². The number of ether oxygens (including phenoxy) is 3. The Labute approximate surface area is 493 Å². The fraction of sp³-hybridized carbons (Fsp3) is 0.262. The molecule has 3 heterocycles. The number of H-pyrrole nitrogens is 3. The number of thioether (sulfide) groups is 2. The first kappa shape index (κ1) is 69.2. The van der Waals surface area contributed by atoms with E-state index in [0.717, 1.165) is 72.1 Å². The molecule has 4 aromatic carbocycles. The van der Waals surface area contributed by atoms with Crippen molar-refractivity contribution in [1.82, 2.24) is 24.5 Å². The number of anilines is 2. The number of alkyl halides is 1. The van der Waals surface area contributed by atoms with Crippen molar-refractivity contribution in [3.05, 3.63) is 99.8 Å². The molecule has 0 aliphatic carbocycles. The molecule has 15 nitrogen and oxygen atoms in total. The van der Waals surface area contributed by atoms with Crippen molar-refractivity contribution in [3.63, 3.8) is 0 Å². The summed E-state index contributed by atoms with van der Waals surface area (Å²) in [6.07, 6.45) is 0. The van der Waals surface area contributed by atoms with Crippen LogP contribution < -0.4 is 67.4 Å². The molecule has 0 unspecified atom stereocenters. The van der Waals surface area contributed by atoms with Crippen LogP contribution in [0.2, 0.25) is 0 Å². The number of aryl methyl sites for hydroxylation is 2. The first-order chi connectivity index (χ1) is 33.4. The van der Waals surface area contributed by atoms with Gasteiger partial charge < -0.3 is 70.2 Å². The molecule has 0 saturated carbocycles. The number of hydrogen-bond donors (Lipinski definition) is 6. The summed E-state index contributed by atoms with van der Waals surface area (Å²) in [5.41, 5.74) is 13.1. The van der Waals surface area contributed by atoms with E-state index >= 15 is 0 Å². The van der Waals surface area contributed by atoms with Gasteiger partial charge in [-0.2, -0.15) is 0 Å². The summed E-state index contributed by atoms with van der Waals surface area (Å²) in [4.78, 5) is 44.2. The molecule has 0 atom stereocenters. The van der Waals surface area contributed by atoms with Crippen molar-refractivity contribution in [1.29, 1.82) is 0 Å². The van der Waals surface area contributed by atoms with Crippen LogP contribution in [0.15, 0.2) is 58.8 Å². The molecule has 73 heavy (non-hydrogen) atoms. The first-order valence-corrected chi connectivity index (χ1v) is 24.1. The topological polar surface area (TPSA) is 220 Å². The molecular formula is C42H44BrClF8KN8O7S5+. The first-order valence-electron chi connectivity index (χ1n) is 19.8. The smallest absolute Gasteiger partial charge is 0.514 e. The molecule has 0 amide bonds. The standard InChI is InChI=1S/C12H12F2N2O2S.C10H8F2N2O2S.C7H4F2N2S.C6H6F2N2.C4H7BrO2.C3H6OS2.ClH.K/c1-3-18-11(17)6-19-12-15-9-4-7(13)8(14)5-10(9)16(12)2;1-14-8-3-6(12)5(11)2-7(8)13-10(14)17-4-9(15)16;8-3-1-5-6(2-4(3)9)11-7(12)10-5;7-3-1-5(9)6(10)2-4(3)8;1-2-7-4(6)3-5;1-2-4-3(5)6;;/h4-5H,3,6H2,1-2H3;2-3H,4H2,1H3,(H,15,16);1-2H,(H2,10,11,12);1-2H,9-10H2;2-3H2,1H3;2H2,1H3,(H,5,6);1H;/q;;;;;;;+1. The van der Waals surface area contributed by atoms with Crippen molar-refractivity contribution in [2.75, 3.05) is 48.1 Å². The molecular weight excluding hydrogens is 1200 g/mol. The Morgan fingerprint density at radius 3 is 1.60 bits per heavy atom. The molecule has 0 fully saturated rings. The van der Waals surface area contributed by atoms with Crippen molar-refractivity contribution in [2.45, 2.75) is 31.1 Å². The van der Waals surface area contributed by atoms with Gasteiger partial charge in [0.1, 0.15) is 11.1 Å². The molecule has 0 aliphatic rings. The third-order valence-electron chi connectivity index (χ3n) is 8.14. The van der Waals surface area contributed by atoms with Gasteiger partial charge in [-0.05, 0) is 44.8 Å². The quantitative estimate of drug-likeness (QED) is 0.00954. The Hall–Kier alpha value is -3.82. The van der Waals surface area contributed by atoms with Crippen LogP contribution >= 0.6 is 76.3 Å². The molecule has 8 N–H and O–H groups in total. The number of imidazole rings is 3. The maximum absolute atomic E-state index is 13.2. The predicted octanol–water partition coefficient (Wildman–Crippen LogP) is 6.81. The van der Waals surface area contributed by atoms with Crippen LogP contribution in [0.5, 0.6) is 0 Å². The molecule has 0 saturated heterocycles. The Bertz CT molecular complexity index is 2940. The Morgan fingerprint density at radius 1 is 0.726 bits per heavy atom. The average molecular weight is 1240 g/mol. The van der Waals surface area contributed by atoms with Crippen LogP contribution in [0.4, 0.5) is 46.5 Å². The number of carboxylic acids is 1. The van der Waals surface area contributed by atoms with E-state index in [4.69, 9.17) is 33.5 Å². The number of nitrogens with one attached hydrogen (secondary N) is 3. The van der Waals surface area contributed by atoms with Gasteiger partial charge in [0.15, 0.2) is 67.5 Å². The van der Waals surface area contributed by atoms with Crippen LogP contribution in [-0.2, 0) is 55.3 Å². The zero-order valence-electron chi connectivity index (χ0n) is 39.1. The number of nitrogens with two attached hydrogens (primary N) is 2. The number of hydrogen-bond acceptors (Lipinski definition) is 14. The van der Waals surface area contributed by atoms with Crippen LogP contribution in [0.25, 0.3) is 33.1 Å². The third-order valence-corrected chi connectivity index (χ3v) is 11.1. The van der Waals surface area contributed by atoms with E-state index in [1.165, 1.54) is 0 Å². The molecule has 7 aromatic rings. The number of esters is 2. The second kappa shape index (κ2) is 34.7. The van der Waals surface area contributed by atoms with Crippen LogP contribution in [0.3, 0.4) is 0 Å². The van der Waals surface area contributed by atoms with Crippen LogP contribution in [-0.4, -0.2) is 88.6 Å². The van der Waals surface area contributed by atoms with Crippen LogP contribution in [0, 0.1) is 51.3 Å². The zero-order chi connectivity index (χ0) is 53.7. The maximum Gasteiger partial charge on any atom is 1.00 e. The van der Waals surface area contributed by atoms with E-state index in [1.54, 1.807) is 37.1 Å². The van der Waals surface area contributed by atoms with Gasteiger partial charge in [0.2, 0.25) is 0 Å². The van der Waals surface area contributed by atoms with Gasteiger partial charge in [-0.3, -0.25) is 14.4 Å². The SMILES string of the molecule is CCOC(=O)CBr.CCOC(=O)CSc1nc2cc(F)c(F)cc2n1C.CCOC(=S)[S-].C[n+]1c(SCC(=O)O)[nH]c2cc(F)c(F)cc21.Cl.Fc1cc2[nH]c(=S)[nH]c2cc1F.Nc1cc(F)c(F)cc1N.[K+]. The van der Waals surface area contributed by atoms with E-state index in [2.05, 4.69) is 70.2 Å². The maximum atomic E-state index is 13.2. The van der Waals surface area contributed by atoms with Gasteiger partial charge in [0.05, 0.1) is 66.1 Å². The summed E-state index contributed by atoms with van der Waals surface area (Å²) < 4.78 is 120. The molecule has 394 valence electrons. The van der Waals surface area contributed by atoms with E-state index in [9.17, 15) is 49.5 Å². The minimum absolute atomic E-state index is 0. The summed E-state index contributed by atoms with van der Waals surface area (Å²) >= 11 is 18.7. The number of fused-ring (bicyclic) bond motifs is 3. The number of aromatic amines is 3. The van der Waals surface area contributed by atoms with Gasteiger partial charge in [-0.15, -0.1) is 12.4 Å². The van der Waals surface area contributed by atoms with E-state index in [1.807, 2.05) is 6.92 Å². The summed E-state index contributed by atoms with van der Waals surface area (Å²) in [7, 11) is 3.33. The summed E-state index contributed by atoms with van der Waals surface area (Å²) in [5.74, 6) is -8.97. The second-order valence-corrected chi connectivity index (χ2v) is 17.0.